The molecule has 0 amide bonds. The summed E-state index contributed by atoms with van der Waals surface area (Å²) >= 11 is 1.94. The number of hydrogen-bond acceptors (Lipinski definition) is 1. The molecule has 0 N–H and O–H groups in total. The molecule has 11 rings (SSSR count). The SMILES string of the molecule is CC1(C)c2cc(-c3ccc4c(c3)c3cc(-c5ccc(-c6ccccc6)cc5)ccc3n4C3C=CC=CC3)ccc2-c2c1ccc1c2sc2ccccc21. The van der Waals surface area contributed by atoms with Gasteiger partial charge in [0.1, 0.15) is 0 Å². The Balaban J connectivity index is 1.05. The predicted octanol–water partition coefficient (Wildman–Crippen LogP) is 14.5. The average Bonchev–Trinajstić information content (AvgIpc) is 3.83. The van der Waals surface area contributed by atoms with Crippen molar-refractivity contribution in [3.63, 3.8) is 0 Å². The summed E-state index contributed by atoms with van der Waals surface area (Å²) in [5.41, 5.74) is 15.6. The zero-order chi connectivity index (χ0) is 35.3. The lowest BCUT2D eigenvalue weighted by Crippen LogP contribution is -2.14. The Bertz CT molecular complexity index is 2990. The quantitative estimate of drug-likeness (QED) is 0.173. The highest BCUT2D eigenvalue weighted by atomic mass is 32.1. The minimum absolute atomic E-state index is 0.0863. The number of thiophene rings is 1. The van der Waals surface area contributed by atoms with Gasteiger partial charge in [0.2, 0.25) is 0 Å². The molecule has 0 saturated heterocycles. The number of fused-ring (bicyclic) bond motifs is 10. The fraction of sp³-hybridized carbons (Fsp3) is 0.0980. The standard InChI is InChI=1S/C51H37NS/c1-51(2)44-26-25-40-39-15-9-10-16-48(39)53-50(40)49(44)41-24-21-37(31-45(41)51)36-23-28-47-43(30-36)42-29-35(22-27-46(42)52(47)38-13-7-4-8-14-38)34-19-17-33(18-20-34)32-11-5-3-6-12-32/h3-13,15-31,38H,14H2,1-2H3. The molecule has 252 valence electrons. The van der Waals surface area contributed by atoms with Gasteiger partial charge in [0.05, 0.1) is 6.04 Å². The number of aromatic nitrogens is 1. The molecule has 0 spiro atoms. The molecule has 2 aromatic heterocycles. The number of nitrogens with zero attached hydrogens (tertiary/aromatic N) is 1. The number of benzene rings is 7. The molecule has 1 unspecified atom stereocenters. The topological polar surface area (TPSA) is 4.93 Å². The molecular formula is C51H37NS. The van der Waals surface area contributed by atoms with E-state index in [0.29, 0.717) is 0 Å². The molecule has 0 fully saturated rings. The summed E-state index contributed by atoms with van der Waals surface area (Å²) in [6.07, 6.45) is 9.99. The fourth-order valence-electron chi connectivity index (χ4n) is 9.20. The smallest absolute Gasteiger partial charge is 0.0560 e. The van der Waals surface area contributed by atoms with Gasteiger partial charge in [0.25, 0.3) is 0 Å². The minimum atomic E-state index is -0.0863. The van der Waals surface area contributed by atoms with Crippen molar-refractivity contribution in [2.24, 2.45) is 0 Å². The molecular weight excluding hydrogens is 659 g/mol. The second-order valence-corrected chi connectivity index (χ2v) is 16.3. The van der Waals surface area contributed by atoms with Crippen LogP contribution in [0, 0.1) is 0 Å². The van der Waals surface area contributed by atoms with Crippen LogP contribution in [0.15, 0.2) is 170 Å². The Hall–Kier alpha value is -5.96. The molecule has 2 aliphatic carbocycles. The summed E-state index contributed by atoms with van der Waals surface area (Å²) in [7, 11) is 0. The van der Waals surface area contributed by atoms with Crippen LogP contribution < -0.4 is 0 Å². The highest BCUT2D eigenvalue weighted by Crippen LogP contribution is 2.54. The first kappa shape index (κ1) is 30.6. The summed E-state index contributed by atoms with van der Waals surface area (Å²) in [4.78, 5) is 0. The third-order valence-electron chi connectivity index (χ3n) is 11.9. The summed E-state index contributed by atoms with van der Waals surface area (Å²) in [6, 6.07) is 54.9. The Morgan fingerprint density at radius 1 is 0.528 bits per heavy atom. The molecule has 0 saturated carbocycles. The Morgan fingerprint density at radius 3 is 1.89 bits per heavy atom. The molecule has 53 heavy (non-hydrogen) atoms. The second kappa shape index (κ2) is 11.5. The summed E-state index contributed by atoms with van der Waals surface area (Å²) < 4.78 is 5.32. The van der Waals surface area contributed by atoms with E-state index in [4.69, 9.17) is 0 Å². The molecule has 2 heteroatoms. The maximum Gasteiger partial charge on any atom is 0.0560 e. The number of hydrogen-bond donors (Lipinski definition) is 0. The third-order valence-corrected chi connectivity index (χ3v) is 13.1. The van der Waals surface area contributed by atoms with Crippen molar-refractivity contribution in [3.8, 4) is 44.5 Å². The molecule has 2 aliphatic rings. The van der Waals surface area contributed by atoms with Crippen molar-refractivity contribution in [3.05, 3.63) is 181 Å². The molecule has 1 nitrogen and oxygen atoms in total. The Labute approximate surface area is 313 Å². The van der Waals surface area contributed by atoms with Crippen LogP contribution in [0.5, 0.6) is 0 Å². The Morgan fingerprint density at radius 2 is 1.15 bits per heavy atom. The van der Waals surface area contributed by atoms with Crippen molar-refractivity contribution in [2.45, 2.75) is 31.7 Å². The van der Waals surface area contributed by atoms with E-state index in [2.05, 4.69) is 188 Å². The highest BCUT2D eigenvalue weighted by Gasteiger charge is 2.37. The molecule has 2 heterocycles. The van der Waals surface area contributed by atoms with Crippen LogP contribution in [0.25, 0.3) is 86.5 Å². The van der Waals surface area contributed by atoms with Gasteiger partial charge in [-0.1, -0.05) is 147 Å². The zero-order valence-corrected chi connectivity index (χ0v) is 30.6. The molecule has 0 radical (unpaired) electrons. The van der Waals surface area contributed by atoms with Crippen LogP contribution in [0.2, 0.25) is 0 Å². The first-order valence-electron chi connectivity index (χ1n) is 18.7. The van der Waals surface area contributed by atoms with Crippen LogP contribution in [0.4, 0.5) is 0 Å². The summed E-state index contributed by atoms with van der Waals surface area (Å²) in [5.74, 6) is 0. The van der Waals surface area contributed by atoms with Gasteiger partial charge in [-0.05, 0) is 92.9 Å². The summed E-state index contributed by atoms with van der Waals surface area (Å²) in [6.45, 7) is 4.80. The average molecular weight is 696 g/mol. The number of allylic oxidation sites excluding steroid dienone is 4. The van der Waals surface area contributed by atoms with Crippen LogP contribution in [-0.4, -0.2) is 4.57 Å². The van der Waals surface area contributed by atoms with E-state index >= 15 is 0 Å². The van der Waals surface area contributed by atoms with Crippen molar-refractivity contribution in [2.75, 3.05) is 0 Å². The van der Waals surface area contributed by atoms with Crippen molar-refractivity contribution < 1.29 is 0 Å². The first-order chi connectivity index (χ1) is 26.0. The van der Waals surface area contributed by atoms with Gasteiger partial charge in [-0.3, -0.25) is 0 Å². The molecule has 0 bridgehead atoms. The zero-order valence-electron chi connectivity index (χ0n) is 29.8. The lowest BCUT2D eigenvalue weighted by atomic mass is 9.81. The van der Waals surface area contributed by atoms with E-state index in [9.17, 15) is 0 Å². The molecule has 9 aromatic rings. The van der Waals surface area contributed by atoms with E-state index in [1.54, 1.807) is 0 Å². The fourth-order valence-corrected chi connectivity index (χ4v) is 10.5. The van der Waals surface area contributed by atoms with Crippen LogP contribution in [0.1, 0.15) is 37.4 Å². The first-order valence-corrected chi connectivity index (χ1v) is 19.5. The van der Waals surface area contributed by atoms with Gasteiger partial charge in [-0.15, -0.1) is 11.3 Å². The van der Waals surface area contributed by atoms with Gasteiger partial charge in [-0.25, -0.2) is 0 Å². The van der Waals surface area contributed by atoms with Gasteiger partial charge in [0, 0.05) is 53.0 Å². The van der Waals surface area contributed by atoms with Crippen LogP contribution in [0.3, 0.4) is 0 Å². The minimum Gasteiger partial charge on any atom is -0.333 e. The number of rotatable bonds is 4. The van der Waals surface area contributed by atoms with Gasteiger partial charge >= 0.3 is 0 Å². The van der Waals surface area contributed by atoms with E-state index in [-0.39, 0.29) is 11.5 Å². The van der Waals surface area contributed by atoms with Crippen LogP contribution >= 0.6 is 11.3 Å². The van der Waals surface area contributed by atoms with Crippen molar-refractivity contribution in [1.29, 1.82) is 0 Å². The van der Waals surface area contributed by atoms with E-state index in [0.717, 1.165) is 6.42 Å². The normalized spacial score (nSPS) is 15.8. The lowest BCUT2D eigenvalue weighted by molar-refractivity contribution is 0.648. The molecule has 0 aliphatic heterocycles. The monoisotopic (exact) mass is 695 g/mol. The third kappa shape index (κ3) is 4.62. The maximum absolute atomic E-state index is 2.55. The maximum atomic E-state index is 2.55. The van der Waals surface area contributed by atoms with Crippen molar-refractivity contribution in [1.82, 2.24) is 4.57 Å². The Kier molecular flexibility index (Phi) is 6.66. The highest BCUT2D eigenvalue weighted by molar-refractivity contribution is 7.26. The van der Waals surface area contributed by atoms with E-state index < -0.39 is 0 Å². The molecule has 7 aromatic carbocycles. The largest absolute Gasteiger partial charge is 0.333 e. The molecule has 1 atom stereocenters. The predicted molar refractivity (Wildman–Crippen MR) is 228 cm³/mol. The second-order valence-electron chi connectivity index (χ2n) is 15.2. The van der Waals surface area contributed by atoms with E-state index in [1.807, 2.05) is 11.3 Å². The van der Waals surface area contributed by atoms with E-state index in [1.165, 1.54) is 97.6 Å². The van der Waals surface area contributed by atoms with Gasteiger partial charge in [0.15, 0.2) is 0 Å². The summed E-state index contributed by atoms with van der Waals surface area (Å²) in [5, 5.41) is 5.33. The van der Waals surface area contributed by atoms with Gasteiger partial charge < -0.3 is 4.57 Å². The van der Waals surface area contributed by atoms with Gasteiger partial charge in [-0.2, -0.15) is 0 Å². The lowest BCUT2D eigenvalue weighted by Gasteiger charge is -2.22. The van der Waals surface area contributed by atoms with Crippen LogP contribution in [-0.2, 0) is 5.41 Å². The van der Waals surface area contributed by atoms with Crippen molar-refractivity contribution >= 4 is 53.3 Å².